The van der Waals surface area contributed by atoms with Crippen LogP contribution in [0.5, 0.6) is 0 Å². The summed E-state index contributed by atoms with van der Waals surface area (Å²) in [5.41, 5.74) is 3.54. The van der Waals surface area contributed by atoms with E-state index in [4.69, 9.17) is 4.42 Å². The topological polar surface area (TPSA) is 71.6 Å². The average Bonchev–Trinajstić information content (AvgIpc) is 3.49. The zero-order valence-corrected chi connectivity index (χ0v) is 16.3. The van der Waals surface area contributed by atoms with Crippen molar-refractivity contribution >= 4 is 22.8 Å². The molecule has 0 aliphatic carbocycles. The minimum Gasteiger partial charge on any atom is -0.459 e. The van der Waals surface area contributed by atoms with Crippen LogP contribution in [0.4, 0.5) is 0 Å². The van der Waals surface area contributed by atoms with E-state index in [2.05, 4.69) is 4.98 Å². The van der Waals surface area contributed by atoms with Crippen LogP contribution in [0.15, 0.2) is 77.7 Å². The maximum atomic E-state index is 12.9. The van der Waals surface area contributed by atoms with E-state index < -0.39 is 0 Å². The summed E-state index contributed by atoms with van der Waals surface area (Å²) < 4.78 is 7.19. The van der Waals surface area contributed by atoms with Crippen molar-refractivity contribution in [2.24, 2.45) is 0 Å². The molecule has 1 aliphatic heterocycles. The molecular formula is C23H20N4O3. The van der Waals surface area contributed by atoms with Crippen molar-refractivity contribution in [2.75, 3.05) is 26.2 Å². The van der Waals surface area contributed by atoms with Gasteiger partial charge in [-0.2, -0.15) is 0 Å². The molecule has 0 spiro atoms. The molecule has 1 fully saturated rings. The molecule has 150 valence electrons. The monoisotopic (exact) mass is 400 g/mol. The predicted molar refractivity (Wildman–Crippen MR) is 112 cm³/mol. The van der Waals surface area contributed by atoms with Gasteiger partial charge in [-0.3, -0.25) is 14.2 Å². The number of fused-ring (bicyclic) bond motifs is 1. The molecule has 0 saturated carbocycles. The van der Waals surface area contributed by atoms with Crippen LogP contribution in [0.3, 0.4) is 0 Å². The number of piperazine rings is 1. The van der Waals surface area contributed by atoms with Crippen molar-refractivity contribution in [3.8, 4) is 5.69 Å². The van der Waals surface area contributed by atoms with Crippen LogP contribution in [0, 0.1) is 0 Å². The standard InChI is InChI=1S/C23H20N4O3/c28-22(25-11-13-26(14-12-25)23(29)21-6-3-15-30-21)17-7-9-18(10-8-17)27-16-24-19-4-1-2-5-20(19)27/h1-10,15-16H,11-14H2. The highest BCUT2D eigenvalue weighted by Gasteiger charge is 2.26. The summed E-state index contributed by atoms with van der Waals surface area (Å²) >= 11 is 0. The summed E-state index contributed by atoms with van der Waals surface area (Å²) in [5.74, 6) is 0.170. The molecule has 1 aliphatic rings. The lowest BCUT2D eigenvalue weighted by Gasteiger charge is -2.34. The lowest BCUT2D eigenvalue weighted by atomic mass is 10.1. The normalized spacial score (nSPS) is 14.3. The van der Waals surface area contributed by atoms with Gasteiger partial charge in [0.05, 0.1) is 17.3 Å². The van der Waals surface area contributed by atoms with E-state index in [1.54, 1.807) is 28.3 Å². The first-order chi connectivity index (χ1) is 14.7. The Morgan fingerprint density at radius 2 is 1.50 bits per heavy atom. The van der Waals surface area contributed by atoms with Crippen LogP contribution in [0.25, 0.3) is 16.7 Å². The molecule has 0 radical (unpaired) electrons. The molecule has 5 rings (SSSR count). The van der Waals surface area contributed by atoms with Gasteiger partial charge in [0.25, 0.3) is 11.8 Å². The SMILES string of the molecule is O=C(c1ccc(-n2cnc3ccccc32)cc1)N1CCN(C(=O)c2ccco2)CC1. The summed E-state index contributed by atoms with van der Waals surface area (Å²) in [7, 11) is 0. The number of hydrogen-bond donors (Lipinski definition) is 0. The van der Waals surface area contributed by atoms with Crippen molar-refractivity contribution in [3.63, 3.8) is 0 Å². The van der Waals surface area contributed by atoms with Crippen LogP contribution in [-0.2, 0) is 0 Å². The summed E-state index contributed by atoms with van der Waals surface area (Å²) in [6.07, 6.45) is 3.28. The van der Waals surface area contributed by atoms with Gasteiger partial charge in [-0.05, 0) is 48.5 Å². The number of imidazole rings is 1. The first-order valence-electron chi connectivity index (χ1n) is 9.85. The van der Waals surface area contributed by atoms with Crippen LogP contribution >= 0.6 is 0 Å². The first kappa shape index (κ1) is 18.2. The van der Waals surface area contributed by atoms with Crippen LogP contribution in [-0.4, -0.2) is 57.3 Å². The van der Waals surface area contributed by atoms with Gasteiger partial charge in [0, 0.05) is 37.4 Å². The Morgan fingerprint density at radius 3 is 2.20 bits per heavy atom. The lowest BCUT2D eigenvalue weighted by Crippen LogP contribution is -2.50. The van der Waals surface area contributed by atoms with Crippen molar-refractivity contribution in [1.29, 1.82) is 0 Å². The van der Waals surface area contributed by atoms with Crippen molar-refractivity contribution in [2.45, 2.75) is 0 Å². The van der Waals surface area contributed by atoms with Crippen LogP contribution in [0.2, 0.25) is 0 Å². The number of rotatable bonds is 3. The Kier molecular flexibility index (Phi) is 4.55. The average molecular weight is 400 g/mol. The van der Waals surface area contributed by atoms with Gasteiger partial charge in [0.2, 0.25) is 0 Å². The van der Waals surface area contributed by atoms with Gasteiger partial charge in [0.1, 0.15) is 6.33 Å². The van der Waals surface area contributed by atoms with E-state index in [9.17, 15) is 9.59 Å². The third kappa shape index (κ3) is 3.24. The van der Waals surface area contributed by atoms with E-state index in [0.29, 0.717) is 37.5 Å². The predicted octanol–water partition coefficient (Wildman–Crippen LogP) is 3.22. The number of aromatic nitrogens is 2. The van der Waals surface area contributed by atoms with Crippen molar-refractivity contribution in [1.82, 2.24) is 19.4 Å². The maximum Gasteiger partial charge on any atom is 0.289 e. The molecule has 0 atom stereocenters. The Balaban J connectivity index is 1.26. The second-order valence-corrected chi connectivity index (χ2v) is 7.21. The number of benzene rings is 2. The molecule has 7 heteroatoms. The third-order valence-electron chi connectivity index (χ3n) is 5.43. The molecular weight excluding hydrogens is 380 g/mol. The maximum absolute atomic E-state index is 12.9. The molecule has 7 nitrogen and oxygen atoms in total. The van der Waals surface area contributed by atoms with E-state index in [0.717, 1.165) is 16.7 Å². The molecule has 30 heavy (non-hydrogen) atoms. The van der Waals surface area contributed by atoms with Gasteiger partial charge in [-0.1, -0.05) is 12.1 Å². The minimum atomic E-state index is -0.135. The first-order valence-corrected chi connectivity index (χ1v) is 9.85. The number of carbonyl (C=O) groups excluding carboxylic acids is 2. The number of hydrogen-bond acceptors (Lipinski definition) is 4. The van der Waals surface area contributed by atoms with Gasteiger partial charge >= 0.3 is 0 Å². The number of amides is 2. The van der Waals surface area contributed by atoms with E-state index >= 15 is 0 Å². The van der Waals surface area contributed by atoms with Gasteiger partial charge in [0.15, 0.2) is 5.76 Å². The molecule has 2 amide bonds. The molecule has 0 bridgehead atoms. The van der Waals surface area contributed by atoms with Crippen molar-refractivity contribution < 1.29 is 14.0 Å². The number of nitrogens with zero attached hydrogens (tertiary/aromatic N) is 4. The van der Waals surface area contributed by atoms with Crippen LogP contribution in [0.1, 0.15) is 20.9 Å². The quantitative estimate of drug-likeness (QED) is 0.529. The highest BCUT2D eigenvalue weighted by atomic mass is 16.3. The second kappa shape index (κ2) is 7.51. The van der Waals surface area contributed by atoms with Gasteiger partial charge in [-0.25, -0.2) is 4.98 Å². The highest BCUT2D eigenvalue weighted by Crippen LogP contribution is 2.19. The Hall–Kier alpha value is -3.87. The van der Waals surface area contributed by atoms with E-state index in [1.165, 1.54) is 6.26 Å². The van der Waals surface area contributed by atoms with Gasteiger partial charge in [-0.15, -0.1) is 0 Å². The largest absolute Gasteiger partial charge is 0.459 e. The number of carbonyl (C=O) groups is 2. The Labute approximate surface area is 173 Å². The summed E-state index contributed by atoms with van der Waals surface area (Å²) in [6, 6.07) is 18.8. The lowest BCUT2D eigenvalue weighted by molar-refractivity contribution is 0.0518. The zero-order chi connectivity index (χ0) is 20.5. The summed E-state index contributed by atoms with van der Waals surface area (Å²) in [6.45, 7) is 1.98. The number of furan rings is 1. The molecule has 1 saturated heterocycles. The summed E-state index contributed by atoms with van der Waals surface area (Å²) in [5, 5.41) is 0. The second-order valence-electron chi connectivity index (χ2n) is 7.21. The Bertz CT molecular complexity index is 1190. The molecule has 4 aromatic rings. The highest BCUT2D eigenvalue weighted by molar-refractivity contribution is 5.95. The molecule has 0 N–H and O–H groups in total. The zero-order valence-electron chi connectivity index (χ0n) is 16.3. The van der Waals surface area contributed by atoms with E-state index in [1.807, 2.05) is 53.1 Å². The summed E-state index contributed by atoms with van der Waals surface area (Å²) in [4.78, 5) is 33.2. The molecule has 0 unspecified atom stereocenters. The van der Waals surface area contributed by atoms with E-state index in [-0.39, 0.29) is 11.8 Å². The number of para-hydroxylation sites is 2. The molecule has 2 aromatic carbocycles. The van der Waals surface area contributed by atoms with Crippen LogP contribution < -0.4 is 0 Å². The molecule has 3 heterocycles. The fraction of sp³-hybridized carbons (Fsp3) is 0.174. The molecule has 2 aromatic heterocycles. The third-order valence-corrected chi connectivity index (χ3v) is 5.43. The fourth-order valence-electron chi connectivity index (χ4n) is 3.78. The minimum absolute atomic E-state index is 0.0258. The fourth-order valence-corrected chi connectivity index (χ4v) is 3.78. The van der Waals surface area contributed by atoms with Crippen molar-refractivity contribution in [3.05, 3.63) is 84.6 Å². The smallest absolute Gasteiger partial charge is 0.289 e. The Morgan fingerprint density at radius 1 is 0.800 bits per heavy atom. The van der Waals surface area contributed by atoms with Gasteiger partial charge < -0.3 is 14.2 Å².